The van der Waals surface area contributed by atoms with Crippen LogP contribution >= 0.6 is 0 Å². The van der Waals surface area contributed by atoms with Gasteiger partial charge in [-0.15, -0.1) is 0 Å². The molecule has 1 rings (SSSR count). The molecule has 0 spiro atoms. The number of unbranched alkanes of at least 4 members (excludes halogenated alkanes) is 1. The van der Waals surface area contributed by atoms with Crippen molar-refractivity contribution in [3.63, 3.8) is 0 Å². The normalized spacial score (nSPS) is 11.5. The van der Waals surface area contributed by atoms with Gasteiger partial charge in [0.05, 0.1) is 10.5 Å². The first kappa shape index (κ1) is 20.2. The average molecular weight is 352 g/mol. The zero-order chi connectivity index (χ0) is 19.0. The number of rotatable bonds is 9. The maximum atomic E-state index is 12.2. The van der Waals surface area contributed by atoms with E-state index in [9.17, 15) is 19.7 Å². The Bertz CT molecular complexity index is 633. The molecular weight excluding hydrogens is 328 g/mol. The van der Waals surface area contributed by atoms with E-state index >= 15 is 0 Å². The molecule has 9 nitrogen and oxygen atoms in total. The summed E-state index contributed by atoms with van der Waals surface area (Å²) < 4.78 is 4.82. The van der Waals surface area contributed by atoms with Gasteiger partial charge in [-0.1, -0.05) is 6.07 Å². The molecule has 0 aliphatic rings. The maximum Gasteiger partial charge on any atom is 0.404 e. The minimum Gasteiger partial charge on any atom is -0.447 e. The first-order chi connectivity index (χ1) is 11.7. The molecule has 1 atom stereocenters. The van der Waals surface area contributed by atoms with Crippen LogP contribution in [0, 0.1) is 10.1 Å². The maximum absolute atomic E-state index is 12.2. The van der Waals surface area contributed by atoms with Crippen LogP contribution in [0.4, 0.5) is 16.2 Å². The molecule has 0 bridgehead atoms. The Balaban J connectivity index is 2.72. The molecule has 1 aromatic rings. The van der Waals surface area contributed by atoms with Crippen LogP contribution in [-0.4, -0.2) is 48.6 Å². The highest BCUT2D eigenvalue weighted by Crippen LogP contribution is 2.29. The highest BCUT2D eigenvalue weighted by Gasteiger charge is 2.22. The Hall–Kier alpha value is -2.84. The van der Waals surface area contributed by atoms with Crippen molar-refractivity contribution < 1.29 is 19.2 Å². The van der Waals surface area contributed by atoms with Crippen LogP contribution in [0.3, 0.4) is 0 Å². The number of nitrogens with one attached hydrogen (secondary N) is 1. The molecular formula is C16H24N4O5. The average Bonchev–Trinajstić information content (AvgIpc) is 2.52. The van der Waals surface area contributed by atoms with Crippen LogP contribution in [0.15, 0.2) is 18.2 Å². The number of para-hydroxylation sites is 1. The van der Waals surface area contributed by atoms with Crippen molar-refractivity contribution in [2.45, 2.75) is 32.3 Å². The number of carbonyl (C=O) groups excluding carboxylic acids is 2. The van der Waals surface area contributed by atoms with Crippen molar-refractivity contribution in [1.82, 2.24) is 4.90 Å². The van der Waals surface area contributed by atoms with Gasteiger partial charge in [0.25, 0.3) is 11.6 Å². The lowest BCUT2D eigenvalue weighted by Crippen LogP contribution is -2.23. The monoisotopic (exact) mass is 352 g/mol. The quantitative estimate of drug-likeness (QED) is 0.399. The van der Waals surface area contributed by atoms with E-state index in [4.69, 9.17) is 10.5 Å². The summed E-state index contributed by atoms with van der Waals surface area (Å²) in [6.07, 6.45) is 0.963. The van der Waals surface area contributed by atoms with E-state index in [-0.39, 0.29) is 28.9 Å². The molecule has 0 aliphatic carbocycles. The van der Waals surface area contributed by atoms with Crippen molar-refractivity contribution in [2.24, 2.45) is 5.73 Å². The number of anilines is 1. The van der Waals surface area contributed by atoms with Crippen molar-refractivity contribution in [3.05, 3.63) is 33.9 Å². The number of benzene rings is 1. The zero-order valence-electron chi connectivity index (χ0n) is 14.7. The third-order valence-corrected chi connectivity index (χ3v) is 3.53. The number of primary amides is 1. The van der Waals surface area contributed by atoms with E-state index in [2.05, 4.69) is 5.32 Å². The van der Waals surface area contributed by atoms with Gasteiger partial charge in [-0.2, -0.15) is 0 Å². The molecule has 1 aromatic carbocycles. The lowest BCUT2D eigenvalue weighted by molar-refractivity contribution is -0.384. The second-order valence-electron chi connectivity index (χ2n) is 5.83. The van der Waals surface area contributed by atoms with Gasteiger partial charge in [-0.25, -0.2) is 4.79 Å². The van der Waals surface area contributed by atoms with Crippen LogP contribution in [0.2, 0.25) is 0 Å². The van der Waals surface area contributed by atoms with E-state index in [1.807, 2.05) is 0 Å². The molecule has 2 amide bonds. The smallest absolute Gasteiger partial charge is 0.404 e. The van der Waals surface area contributed by atoms with Crippen molar-refractivity contribution in [2.75, 3.05) is 26.0 Å². The molecule has 0 heterocycles. The van der Waals surface area contributed by atoms with Crippen LogP contribution in [0.1, 0.15) is 36.5 Å². The number of nitrogens with zero attached hydrogens (tertiary/aromatic N) is 2. The highest BCUT2D eigenvalue weighted by molar-refractivity contribution is 6.01. The number of nitrogens with two attached hydrogens (primary N) is 1. The molecule has 3 N–H and O–H groups in total. The molecule has 9 heteroatoms. The van der Waals surface area contributed by atoms with Crippen molar-refractivity contribution in [3.8, 4) is 0 Å². The molecule has 0 saturated heterocycles. The number of nitro groups is 1. The van der Waals surface area contributed by atoms with Gasteiger partial charge in [0, 0.05) is 26.7 Å². The van der Waals surface area contributed by atoms with Crippen LogP contribution in [0.5, 0.6) is 0 Å². The zero-order valence-corrected chi connectivity index (χ0v) is 14.7. The Morgan fingerprint density at radius 2 is 2.04 bits per heavy atom. The Kier molecular flexibility index (Phi) is 7.64. The number of amides is 2. The van der Waals surface area contributed by atoms with Gasteiger partial charge in [-0.05, 0) is 32.3 Å². The predicted octanol–water partition coefficient (Wildman–Crippen LogP) is 2.36. The first-order valence-electron chi connectivity index (χ1n) is 7.93. The van der Waals surface area contributed by atoms with Gasteiger partial charge in [0.2, 0.25) is 0 Å². The third-order valence-electron chi connectivity index (χ3n) is 3.53. The fourth-order valence-electron chi connectivity index (χ4n) is 2.32. The predicted molar refractivity (Wildman–Crippen MR) is 93.6 cm³/mol. The lowest BCUT2D eigenvalue weighted by Gasteiger charge is -2.16. The van der Waals surface area contributed by atoms with E-state index in [0.29, 0.717) is 19.4 Å². The number of hydrogen-bond donors (Lipinski definition) is 2. The molecule has 0 saturated carbocycles. The molecule has 138 valence electrons. The number of nitro benzene ring substituents is 1. The number of ether oxygens (including phenoxy) is 1. The highest BCUT2D eigenvalue weighted by atomic mass is 16.6. The van der Waals surface area contributed by atoms with E-state index in [1.165, 1.54) is 17.0 Å². The van der Waals surface area contributed by atoms with Gasteiger partial charge < -0.3 is 20.7 Å². The Labute approximate surface area is 146 Å². The largest absolute Gasteiger partial charge is 0.447 e. The summed E-state index contributed by atoms with van der Waals surface area (Å²) in [5, 5.41) is 14.2. The van der Waals surface area contributed by atoms with Crippen molar-refractivity contribution >= 4 is 23.4 Å². The lowest BCUT2D eigenvalue weighted by atomic mass is 10.1. The van der Waals surface area contributed by atoms with Gasteiger partial charge in [0.1, 0.15) is 11.8 Å². The van der Waals surface area contributed by atoms with Crippen molar-refractivity contribution in [1.29, 1.82) is 0 Å². The second kappa shape index (κ2) is 9.45. The van der Waals surface area contributed by atoms with E-state index in [1.54, 1.807) is 27.1 Å². The van der Waals surface area contributed by atoms with Gasteiger partial charge in [0.15, 0.2) is 0 Å². The van der Waals surface area contributed by atoms with E-state index in [0.717, 1.165) is 6.42 Å². The van der Waals surface area contributed by atoms with Crippen LogP contribution in [0.25, 0.3) is 0 Å². The molecule has 0 fully saturated rings. The number of carbonyl (C=O) groups is 2. The molecule has 0 aromatic heterocycles. The molecule has 0 aliphatic heterocycles. The van der Waals surface area contributed by atoms with Gasteiger partial charge in [-0.3, -0.25) is 14.9 Å². The minimum atomic E-state index is -0.808. The summed E-state index contributed by atoms with van der Waals surface area (Å²) in [6, 6.07) is 4.40. The summed E-state index contributed by atoms with van der Waals surface area (Å²) in [7, 11) is 3.18. The first-order valence-corrected chi connectivity index (χ1v) is 7.93. The van der Waals surface area contributed by atoms with Gasteiger partial charge >= 0.3 is 6.09 Å². The third kappa shape index (κ3) is 6.28. The standard InChI is InChI=1S/C16H24N4O5/c1-11(25-16(17)22)7-4-5-10-18-14-12(15(21)19(2)3)8-6-9-13(14)20(23)24/h6,8-9,11,18H,4-5,7,10H2,1-3H3,(H2,17,22). The fraction of sp³-hybridized carbons (Fsp3) is 0.500. The molecule has 25 heavy (non-hydrogen) atoms. The molecule has 1 unspecified atom stereocenters. The topological polar surface area (TPSA) is 128 Å². The summed E-state index contributed by atoms with van der Waals surface area (Å²) in [5.41, 5.74) is 5.27. The fourth-order valence-corrected chi connectivity index (χ4v) is 2.32. The summed E-state index contributed by atoms with van der Waals surface area (Å²) in [5.74, 6) is -0.310. The van der Waals surface area contributed by atoms with E-state index < -0.39 is 11.0 Å². The van der Waals surface area contributed by atoms with Crippen LogP contribution in [-0.2, 0) is 4.74 Å². The second-order valence-corrected chi connectivity index (χ2v) is 5.83. The summed E-state index contributed by atoms with van der Waals surface area (Å²) in [4.78, 5) is 34.9. The van der Waals surface area contributed by atoms with Crippen LogP contribution < -0.4 is 11.1 Å². The molecule has 0 radical (unpaired) electrons. The Morgan fingerprint density at radius 3 is 2.60 bits per heavy atom. The summed E-state index contributed by atoms with van der Waals surface area (Å²) >= 11 is 0. The number of hydrogen-bond acceptors (Lipinski definition) is 6. The SMILES string of the molecule is CC(CCCCNc1c(C(=O)N(C)C)cccc1[N+](=O)[O-])OC(N)=O. The summed E-state index contributed by atoms with van der Waals surface area (Å²) in [6.45, 7) is 2.19. The Morgan fingerprint density at radius 1 is 1.36 bits per heavy atom. The minimum absolute atomic E-state index is 0.141.